The summed E-state index contributed by atoms with van der Waals surface area (Å²) in [4.78, 5) is 38.0. The third kappa shape index (κ3) is 5.19. The number of nitrogens with zero attached hydrogens (tertiary/aromatic N) is 4. The third-order valence-electron chi connectivity index (χ3n) is 5.70. The van der Waals surface area contributed by atoms with Gasteiger partial charge < -0.3 is 19.9 Å². The fraction of sp³-hybridized carbons (Fsp3) is 0.478. The number of benzene rings is 1. The van der Waals surface area contributed by atoms with Crippen LogP contribution in [0.1, 0.15) is 53.1 Å². The minimum atomic E-state index is -0.353. The van der Waals surface area contributed by atoms with Crippen LogP contribution >= 0.6 is 11.6 Å². The summed E-state index contributed by atoms with van der Waals surface area (Å²) in [6.45, 7) is 7.18. The largest absolute Gasteiger partial charge is 0.372 e. The van der Waals surface area contributed by atoms with Crippen molar-refractivity contribution >= 4 is 29.4 Å². The number of hydrogen-bond donors (Lipinski definition) is 1. The summed E-state index contributed by atoms with van der Waals surface area (Å²) in [6, 6.07) is 7.27. The first kappa shape index (κ1) is 22.5. The molecule has 2 unspecified atom stereocenters. The number of ether oxygens (including phenoxy) is 1. The molecule has 32 heavy (non-hydrogen) atoms. The van der Waals surface area contributed by atoms with Gasteiger partial charge in [-0.3, -0.25) is 9.59 Å². The van der Waals surface area contributed by atoms with Crippen LogP contribution in [0.4, 0.5) is 5.95 Å². The molecule has 0 aliphatic carbocycles. The Balaban J connectivity index is 1.36. The average molecular weight is 458 g/mol. The first-order valence-corrected chi connectivity index (χ1v) is 11.4. The van der Waals surface area contributed by atoms with E-state index in [4.69, 9.17) is 16.3 Å². The number of hydrogen-bond acceptors (Lipinski definition) is 6. The lowest BCUT2D eigenvalue weighted by molar-refractivity contribution is -0.0586. The summed E-state index contributed by atoms with van der Waals surface area (Å²) in [5.41, 5.74) is 1.67. The molecule has 2 amide bonds. The van der Waals surface area contributed by atoms with E-state index in [1.165, 1.54) is 6.20 Å². The number of amides is 2. The predicted octanol–water partition coefficient (Wildman–Crippen LogP) is 2.91. The SMILES string of the molecule is CC1CN(C(=O)c2ccc(CNC(=O)c3nc(N4CCCC4)ncc3Cl)cc2)CC(C)O1. The van der Waals surface area contributed by atoms with E-state index in [2.05, 4.69) is 20.2 Å². The van der Waals surface area contributed by atoms with Gasteiger partial charge in [-0.25, -0.2) is 9.97 Å². The van der Waals surface area contributed by atoms with Crippen LogP contribution in [-0.2, 0) is 11.3 Å². The second-order valence-corrected chi connectivity index (χ2v) is 8.81. The van der Waals surface area contributed by atoms with Gasteiger partial charge in [-0.1, -0.05) is 23.7 Å². The molecular formula is C23H28ClN5O3. The number of carbonyl (C=O) groups is 2. The number of rotatable bonds is 5. The van der Waals surface area contributed by atoms with Crippen LogP contribution in [0.25, 0.3) is 0 Å². The van der Waals surface area contributed by atoms with Gasteiger partial charge in [0, 0.05) is 38.3 Å². The number of aromatic nitrogens is 2. The molecule has 2 saturated heterocycles. The zero-order valence-electron chi connectivity index (χ0n) is 18.4. The molecule has 0 bridgehead atoms. The van der Waals surface area contributed by atoms with Crippen molar-refractivity contribution < 1.29 is 14.3 Å². The van der Waals surface area contributed by atoms with Gasteiger partial charge in [0.25, 0.3) is 11.8 Å². The zero-order valence-corrected chi connectivity index (χ0v) is 19.1. The normalized spacial score (nSPS) is 21.0. The molecule has 2 aliphatic heterocycles. The molecule has 1 N–H and O–H groups in total. The van der Waals surface area contributed by atoms with Crippen LogP contribution in [0.3, 0.4) is 0 Å². The van der Waals surface area contributed by atoms with Crippen molar-refractivity contribution in [2.45, 2.75) is 45.4 Å². The lowest BCUT2D eigenvalue weighted by atomic mass is 10.1. The van der Waals surface area contributed by atoms with Crippen LogP contribution in [-0.4, -0.2) is 65.1 Å². The fourth-order valence-electron chi connectivity index (χ4n) is 4.14. The van der Waals surface area contributed by atoms with Crippen molar-refractivity contribution in [2.75, 3.05) is 31.1 Å². The van der Waals surface area contributed by atoms with Crippen molar-refractivity contribution in [3.63, 3.8) is 0 Å². The molecule has 170 valence electrons. The van der Waals surface area contributed by atoms with E-state index in [0.717, 1.165) is 31.5 Å². The van der Waals surface area contributed by atoms with Gasteiger partial charge in [-0.2, -0.15) is 0 Å². The summed E-state index contributed by atoms with van der Waals surface area (Å²) in [6.07, 6.45) is 3.71. The standard InChI is InChI=1S/C23H28ClN5O3/c1-15-13-29(14-16(2)32-15)22(31)18-7-5-17(6-8-18)11-25-21(30)20-19(24)12-26-23(27-20)28-9-3-4-10-28/h5-8,12,15-16H,3-4,9-11,13-14H2,1-2H3,(H,25,30). The molecule has 2 atom stereocenters. The van der Waals surface area contributed by atoms with Crippen LogP contribution in [0.2, 0.25) is 5.02 Å². The number of carbonyl (C=O) groups excluding carboxylic acids is 2. The molecule has 2 aromatic rings. The summed E-state index contributed by atoms with van der Waals surface area (Å²) >= 11 is 6.17. The second kappa shape index (κ2) is 9.83. The molecule has 2 fully saturated rings. The summed E-state index contributed by atoms with van der Waals surface area (Å²) in [5, 5.41) is 3.08. The smallest absolute Gasteiger partial charge is 0.271 e. The fourth-order valence-corrected chi connectivity index (χ4v) is 4.32. The van der Waals surface area contributed by atoms with E-state index >= 15 is 0 Å². The van der Waals surface area contributed by atoms with Crippen molar-refractivity contribution in [1.29, 1.82) is 0 Å². The van der Waals surface area contributed by atoms with E-state index in [-0.39, 0.29) is 34.7 Å². The van der Waals surface area contributed by atoms with E-state index < -0.39 is 0 Å². The Morgan fingerprint density at radius 2 is 1.78 bits per heavy atom. The highest BCUT2D eigenvalue weighted by Crippen LogP contribution is 2.20. The number of halogens is 1. The molecule has 2 aliphatic rings. The van der Waals surface area contributed by atoms with Crippen LogP contribution in [0.15, 0.2) is 30.5 Å². The maximum atomic E-state index is 12.8. The summed E-state index contributed by atoms with van der Waals surface area (Å²) in [7, 11) is 0. The molecular weight excluding hydrogens is 430 g/mol. The Kier molecular flexibility index (Phi) is 6.91. The molecule has 9 heteroatoms. The average Bonchev–Trinajstić information content (AvgIpc) is 3.32. The van der Waals surface area contributed by atoms with Gasteiger partial charge in [-0.05, 0) is 44.4 Å². The monoisotopic (exact) mass is 457 g/mol. The maximum absolute atomic E-state index is 12.8. The first-order valence-electron chi connectivity index (χ1n) is 11.0. The van der Waals surface area contributed by atoms with Crippen molar-refractivity contribution in [3.05, 3.63) is 52.3 Å². The Morgan fingerprint density at radius 1 is 1.12 bits per heavy atom. The van der Waals surface area contributed by atoms with Gasteiger partial charge in [-0.15, -0.1) is 0 Å². The molecule has 0 radical (unpaired) electrons. The number of anilines is 1. The van der Waals surface area contributed by atoms with E-state index in [0.29, 0.717) is 31.1 Å². The zero-order chi connectivity index (χ0) is 22.7. The lowest BCUT2D eigenvalue weighted by Gasteiger charge is -2.35. The Morgan fingerprint density at radius 3 is 2.44 bits per heavy atom. The molecule has 8 nitrogen and oxygen atoms in total. The van der Waals surface area contributed by atoms with Crippen molar-refractivity contribution in [3.8, 4) is 0 Å². The van der Waals surface area contributed by atoms with Crippen LogP contribution in [0.5, 0.6) is 0 Å². The maximum Gasteiger partial charge on any atom is 0.271 e. The van der Waals surface area contributed by atoms with E-state index in [9.17, 15) is 9.59 Å². The molecule has 0 spiro atoms. The highest BCUT2D eigenvalue weighted by Gasteiger charge is 2.26. The predicted molar refractivity (Wildman–Crippen MR) is 122 cm³/mol. The Bertz CT molecular complexity index is 968. The van der Waals surface area contributed by atoms with Gasteiger partial charge in [0.15, 0.2) is 5.69 Å². The second-order valence-electron chi connectivity index (χ2n) is 8.41. The van der Waals surface area contributed by atoms with Gasteiger partial charge >= 0.3 is 0 Å². The topological polar surface area (TPSA) is 87.7 Å². The third-order valence-corrected chi connectivity index (χ3v) is 5.97. The van der Waals surface area contributed by atoms with E-state index in [1.54, 1.807) is 12.1 Å². The molecule has 1 aromatic heterocycles. The highest BCUT2D eigenvalue weighted by molar-refractivity contribution is 6.33. The van der Waals surface area contributed by atoms with Gasteiger partial charge in [0.2, 0.25) is 5.95 Å². The number of morpholine rings is 1. The van der Waals surface area contributed by atoms with Crippen LogP contribution in [0, 0.1) is 0 Å². The first-order chi connectivity index (χ1) is 15.4. The minimum absolute atomic E-state index is 0.00945. The van der Waals surface area contributed by atoms with E-state index in [1.807, 2.05) is 30.9 Å². The highest BCUT2D eigenvalue weighted by atomic mass is 35.5. The molecule has 4 rings (SSSR count). The molecule has 3 heterocycles. The number of nitrogens with one attached hydrogen (secondary N) is 1. The summed E-state index contributed by atoms with van der Waals surface area (Å²) in [5.74, 6) is 0.172. The van der Waals surface area contributed by atoms with Crippen LogP contribution < -0.4 is 10.2 Å². The quantitative estimate of drug-likeness (QED) is 0.742. The lowest BCUT2D eigenvalue weighted by Crippen LogP contribution is -2.48. The van der Waals surface area contributed by atoms with Crippen molar-refractivity contribution in [2.24, 2.45) is 0 Å². The molecule has 1 aromatic carbocycles. The Hall–Kier alpha value is -2.71. The van der Waals surface area contributed by atoms with Crippen molar-refractivity contribution in [1.82, 2.24) is 20.2 Å². The summed E-state index contributed by atoms with van der Waals surface area (Å²) < 4.78 is 5.70. The minimum Gasteiger partial charge on any atom is -0.372 e. The molecule has 0 saturated carbocycles. The Labute approximate surface area is 192 Å². The van der Waals surface area contributed by atoms with Gasteiger partial charge in [0.05, 0.1) is 23.4 Å². The van der Waals surface area contributed by atoms with Gasteiger partial charge in [0.1, 0.15) is 0 Å².